The fourth-order valence-electron chi connectivity index (χ4n) is 3.60. The molecule has 2 fully saturated rings. The molecule has 2 atom stereocenters. The van der Waals surface area contributed by atoms with Crippen molar-refractivity contribution in [1.29, 1.82) is 0 Å². The molecule has 1 saturated carbocycles. The number of esters is 1. The molecule has 1 aliphatic heterocycles. The topological polar surface area (TPSA) is 67.9 Å². The summed E-state index contributed by atoms with van der Waals surface area (Å²) in [5.41, 5.74) is 1.20. The highest BCUT2D eigenvalue weighted by atomic mass is 16.6. The second kappa shape index (κ2) is 6.49. The van der Waals surface area contributed by atoms with Crippen molar-refractivity contribution in [2.75, 3.05) is 29.9 Å². The maximum atomic E-state index is 12.4. The molecule has 3 rings (SSSR count). The number of hydrogen-bond acceptors (Lipinski definition) is 5. The predicted octanol–water partition coefficient (Wildman–Crippen LogP) is 3.67. The van der Waals surface area contributed by atoms with Crippen LogP contribution < -0.4 is 10.2 Å². The third-order valence-electron chi connectivity index (χ3n) is 5.16. The molecular formula is C20H28N2O4. The number of benzene rings is 1. The summed E-state index contributed by atoms with van der Waals surface area (Å²) in [6.07, 6.45) is -0.310. The van der Waals surface area contributed by atoms with Crippen molar-refractivity contribution in [1.82, 2.24) is 0 Å². The van der Waals surface area contributed by atoms with E-state index in [4.69, 9.17) is 9.47 Å². The number of ether oxygens (including phenoxy) is 2. The number of carbonyl (C=O) groups is 2. The van der Waals surface area contributed by atoms with Crippen LogP contribution in [-0.4, -0.2) is 37.4 Å². The average molecular weight is 360 g/mol. The van der Waals surface area contributed by atoms with Crippen molar-refractivity contribution in [3.05, 3.63) is 24.3 Å². The van der Waals surface area contributed by atoms with Crippen molar-refractivity contribution >= 4 is 23.4 Å². The minimum absolute atomic E-state index is 0.0777. The number of rotatable bonds is 5. The summed E-state index contributed by atoms with van der Waals surface area (Å²) in [5, 5.41) is 3.40. The molecule has 1 aromatic rings. The quantitative estimate of drug-likeness (QED) is 0.812. The van der Waals surface area contributed by atoms with Gasteiger partial charge in [-0.15, -0.1) is 0 Å². The van der Waals surface area contributed by atoms with Crippen LogP contribution in [0.2, 0.25) is 0 Å². The van der Waals surface area contributed by atoms with E-state index < -0.39 is 5.60 Å². The van der Waals surface area contributed by atoms with Crippen LogP contribution in [0.15, 0.2) is 24.3 Å². The molecular weight excluding hydrogens is 332 g/mol. The van der Waals surface area contributed by atoms with E-state index in [0.29, 0.717) is 19.7 Å². The lowest BCUT2D eigenvalue weighted by Gasteiger charge is -2.20. The standard InChI is InChI=1S/C20H28N2O4/c1-19(2,3)26-17(23)16-15(20(16,4)5)12-21-13-7-6-8-14(11-13)22-9-10-25-18(22)24/h6-8,11,15-16,21H,9-10,12H2,1-5H3. The number of anilines is 2. The van der Waals surface area contributed by atoms with E-state index in [1.165, 1.54) is 0 Å². The highest BCUT2D eigenvalue weighted by Crippen LogP contribution is 2.58. The molecule has 0 bridgehead atoms. The molecule has 1 N–H and O–H groups in total. The number of amides is 1. The van der Waals surface area contributed by atoms with Gasteiger partial charge in [-0.25, -0.2) is 4.79 Å². The summed E-state index contributed by atoms with van der Waals surface area (Å²) in [7, 11) is 0. The first-order valence-corrected chi connectivity index (χ1v) is 9.11. The van der Waals surface area contributed by atoms with E-state index in [1.807, 2.05) is 45.0 Å². The van der Waals surface area contributed by atoms with Gasteiger partial charge in [0, 0.05) is 17.9 Å². The first-order chi connectivity index (χ1) is 12.1. The highest BCUT2D eigenvalue weighted by molar-refractivity contribution is 5.90. The van der Waals surface area contributed by atoms with Crippen molar-refractivity contribution < 1.29 is 19.1 Å². The zero-order chi connectivity index (χ0) is 19.1. The third kappa shape index (κ3) is 3.79. The molecule has 6 heteroatoms. The molecule has 6 nitrogen and oxygen atoms in total. The largest absolute Gasteiger partial charge is 0.460 e. The van der Waals surface area contributed by atoms with Crippen LogP contribution in [0.3, 0.4) is 0 Å². The van der Waals surface area contributed by atoms with E-state index in [1.54, 1.807) is 4.90 Å². The molecule has 2 aliphatic rings. The van der Waals surface area contributed by atoms with Crippen molar-refractivity contribution in [3.8, 4) is 0 Å². The maximum Gasteiger partial charge on any atom is 0.414 e. The summed E-state index contributed by atoms with van der Waals surface area (Å²) in [6.45, 7) is 11.6. The second-order valence-electron chi connectivity index (χ2n) is 8.64. The third-order valence-corrected chi connectivity index (χ3v) is 5.16. The molecule has 1 heterocycles. The summed E-state index contributed by atoms with van der Waals surface area (Å²) in [6, 6.07) is 7.70. The minimum Gasteiger partial charge on any atom is -0.460 e. The monoisotopic (exact) mass is 360 g/mol. The van der Waals surface area contributed by atoms with Gasteiger partial charge in [0.1, 0.15) is 12.2 Å². The summed E-state index contributed by atoms with van der Waals surface area (Å²) < 4.78 is 10.5. The number of nitrogens with one attached hydrogen (secondary N) is 1. The SMILES string of the molecule is CC(C)(C)OC(=O)C1C(CNc2cccc(N3CCOC3=O)c2)C1(C)C. The minimum atomic E-state index is -0.466. The normalized spacial score (nSPS) is 24.2. The van der Waals surface area contributed by atoms with Gasteiger partial charge in [-0.1, -0.05) is 19.9 Å². The highest BCUT2D eigenvalue weighted by Gasteiger charge is 2.62. The Morgan fingerprint density at radius 3 is 2.73 bits per heavy atom. The van der Waals surface area contributed by atoms with Gasteiger partial charge in [-0.2, -0.15) is 0 Å². The molecule has 26 heavy (non-hydrogen) atoms. The molecule has 2 unspecified atom stereocenters. The molecule has 1 aliphatic carbocycles. The lowest BCUT2D eigenvalue weighted by molar-refractivity contribution is -0.157. The lowest BCUT2D eigenvalue weighted by Crippen LogP contribution is -2.26. The van der Waals surface area contributed by atoms with Gasteiger partial charge in [0.25, 0.3) is 0 Å². The Kier molecular flexibility index (Phi) is 4.63. The number of nitrogens with zero attached hydrogens (tertiary/aromatic N) is 1. The van der Waals surface area contributed by atoms with Crippen LogP contribution in [0.5, 0.6) is 0 Å². The van der Waals surface area contributed by atoms with E-state index in [0.717, 1.165) is 11.4 Å². The fraction of sp³-hybridized carbons (Fsp3) is 0.600. The van der Waals surface area contributed by atoms with E-state index in [2.05, 4.69) is 19.2 Å². The number of cyclic esters (lactones) is 1. The van der Waals surface area contributed by atoms with Gasteiger partial charge in [0.2, 0.25) is 0 Å². The molecule has 1 saturated heterocycles. The fourth-order valence-corrected chi connectivity index (χ4v) is 3.60. The van der Waals surface area contributed by atoms with E-state index >= 15 is 0 Å². The van der Waals surface area contributed by atoms with Gasteiger partial charge in [-0.05, 0) is 50.3 Å². The van der Waals surface area contributed by atoms with Crippen LogP contribution in [0.25, 0.3) is 0 Å². The number of carbonyl (C=O) groups excluding carboxylic acids is 2. The van der Waals surface area contributed by atoms with Gasteiger partial charge in [0.05, 0.1) is 12.5 Å². The van der Waals surface area contributed by atoms with Gasteiger partial charge < -0.3 is 14.8 Å². The van der Waals surface area contributed by atoms with Crippen LogP contribution in [0, 0.1) is 17.3 Å². The van der Waals surface area contributed by atoms with Crippen LogP contribution in [0.1, 0.15) is 34.6 Å². The van der Waals surface area contributed by atoms with Crippen molar-refractivity contribution in [3.63, 3.8) is 0 Å². The molecule has 1 amide bonds. The molecule has 142 valence electrons. The lowest BCUT2D eigenvalue weighted by atomic mass is 10.1. The van der Waals surface area contributed by atoms with Gasteiger partial charge in [-0.3, -0.25) is 9.69 Å². The van der Waals surface area contributed by atoms with Crippen LogP contribution >= 0.6 is 0 Å². The zero-order valence-corrected chi connectivity index (χ0v) is 16.2. The molecule has 1 aromatic carbocycles. The van der Waals surface area contributed by atoms with Gasteiger partial charge in [0.15, 0.2) is 0 Å². The predicted molar refractivity (Wildman–Crippen MR) is 100 cm³/mol. The zero-order valence-electron chi connectivity index (χ0n) is 16.2. The Bertz CT molecular complexity index is 708. The van der Waals surface area contributed by atoms with E-state index in [-0.39, 0.29) is 29.3 Å². The van der Waals surface area contributed by atoms with E-state index in [9.17, 15) is 9.59 Å². The van der Waals surface area contributed by atoms with Crippen LogP contribution in [0.4, 0.5) is 16.2 Å². The summed E-state index contributed by atoms with van der Waals surface area (Å²) in [5.74, 6) is 0.00610. The first-order valence-electron chi connectivity index (χ1n) is 9.11. The number of hydrogen-bond donors (Lipinski definition) is 1. The Balaban J connectivity index is 1.61. The maximum absolute atomic E-state index is 12.4. The van der Waals surface area contributed by atoms with Crippen LogP contribution in [-0.2, 0) is 14.3 Å². The molecule has 0 spiro atoms. The molecule has 0 radical (unpaired) electrons. The Labute approximate surface area is 154 Å². The first kappa shape index (κ1) is 18.5. The Morgan fingerprint density at radius 1 is 1.38 bits per heavy atom. The summed E-state index contributed by atoms with van der Waals surface area (Å²) in [4.78, 5) is 25.7. The van der Waals surface area contributed by atoms with Crippen molar-refractivity contribution in [2.24, 2.45) is 17.3 Å². The summed E-state index contributed by atoms with van der Waals surface area (Å²) >= 11 is 0. The second-order valence-corrected chi connectivity index (χ2v) is 8.64. The smallest absolute Gasteiger partial charge is 0.414 e. The average Bonchev–Trinajstić information content (AvgIpc) is 2.85. The van der Waals surface area contributed by atoms with Crippen molar-refractivity contribution in [2.45, 2.75) is 40.2 Å². The Morgan fingerprint density at radius 2 is 2.12 bits per heavy atom. The molecule has 0 aromatic heterocycles. The van der Waals surface area contributed by atoms with Gasteiger partial charge >= 0.3 is 12.1 Å². The Hall–Kier alpha value is -2.24.